The fourth-order valence-electron chi connectivity index (χ4n) is 3.41. The van der Waals surface area contributed by atoms with Crippen molar-refractivity contribution in [3.05, 3.63) is 29.8 Å². The number of piperidine rings is 1. The van der Waals surface area contributed by atoms with Crippen molar-refractivity contribution in [2.75, 3.05) is 19.7 Å². The fraction of sp³-hybridized carbons (Fsp3) is 0.562. The Morgan fingerprint density at radius 3 is 3.05 bits per heavy atom. The number of fused-ring (bicyclic) bond motifs is 2. The zero-order chi connectivity index (χ0) is 13.1. The van der Waals surface area contributed by atoms with Crippen molar-refractivity contribution in [1.82, 2.24) is 4.90 Å². The molecule has 0 N–H and O–H groups in total. The number of hydrogen-bond acceptors (Lipinski definition) is 3. The minimum absolute atomic E-state index is 0.661. The number of hydrogen-bond donors (Lipinski definition) is 0. The Bertz CT molecular complexity index is 480. The first-order valence-corrected chi connectivity index (χ1v) is 7.22. The average Bonchev–Trinajstić information content (AvgIpc) is 3.06. The van der Waals surface area contributed by atoms with Crippen molar-refractivity contribution in [3.63, 3.8) is 0 Å². The molecule has 2 unspecified atom stereocenters. The lowest BCUT2D eigenvalue weighted by Crippen LogP contribution is -2.33. The average molecular weight is 256 g/mol. The van der Waals surface area contributed by atoms with Crippen LogP contribution in [0.5, 0.6) is 5.75 Å². The van der Waals surface area contributed by atoms with Gasteiger partial charge in [-0.05, 0) is 49.8 Å². The molecular weight excluding hydrogens is 236 g/mol. The van der Waals surface area contributed by atoms with Crippen LogP contribution in [0.25, 0.3) is 0 Å². The van der Waals surface area contributed by atoms with Crippen LogP contribution in [0.2, 0.25) is 0 Å². The minimum Gasteiger partial charge on any atom is -0.494 e. The van der Waals surface area contributed by atoms with Gasteiger partial charge in [-0.15, -0.1) is 0 Å². The molecule has 3 rings (SSSR count). The molecule has 3 heteroatoms. The molecule has 0 amide bonds. The third-order valence-electron chi connectivity index (χ3n) is 4.34. The van der Waals surface area contributed by atoms with E-state index in [2.05, 4.69) is 11.0 Å². The number of nitrogens with zero attached hydrogens (tertiary/aromatic N) is 2. The summed E-state index contributed by atoms with van der Waals surface area (Å²) in [4.78, 5) is 2.63. The summed E-state index contributed by atoms with van der Waals surface area (Å²) >= 11 is 0. The van der Waals surface area contributed by atoms with Crippen LogP contribution in [0.3, 0.4) is 0 Å². The SMILES string of the molecule is N#Cc1cccc(OCCCN2CC3CCC2C3)c1. The molecule has 1 aliphatic carbocycles. The van der Waals surface area contributed by atoms with Gasteiger partial charge >= 0.3 is 0 Å². The van der Waals surface area contributed by atoms with E-state index < -0.39 is 0 Å². The molecule has 1 saturated carbocycles. The molecule has 0 spiro atoms. The number of ether oxygens (including phenoxy) is 1. The Morgan fingerprint density at radius 1 is 1.37 bits per heavy atom. The molecule has 2 aliphatic rings. The van der Waals surface area contributed by atoms with Crippen LogP contribution in [0, 0.1) is 17.2 Å². The highest BCUT2D eigenvalue weighted by Gasteiger charge is 2.36. The van der Waals surface area contributed by atoms with Crippen molar-refractivity contribution >= 4 is 0 Å². The van der Waals surface area contributed by atoms with Crippen molar-refractivity contribution in [2.24, 2.45) is 5.92 Å². The zero-order valence-corrected chi connectivity index (χ0v) is 11.2. The first kappa shape index (κ1) is 12.5. The predicted octanol–water partition coefficient (Wildman–Crippen LogP) is 2.81. The molecule has 2 bridgehead atoms. The molecule has 100 valence electrons. The van der Waals surface area contributed by atoms with Gasteiger partial charge in [-0.25, -0.2) is 0 Å². The molecule has 1 saturated heterocycles. The maximum atomic E-state index is 8.83. The fourth-order valence-corrected chi connectivity index (χ4v) is 3.41. The highest BCUT2D eigenvalue weighted by atomic mass is 16.5. The first-order chi connectivity index (χ1) is 9.35. The summed E-state index contributed by atoms with van der Waals surface area (Å²) in [6, 6.07) is 10.4. The van der Waals surface area contributed by atoms with E-state index in [1.165, 1.54) is 25.8 Å². The third-order valence-corrected chi connectivity index (χ3v) is 4.34. The summed E-state index contributed by atoms with van der Waals surface area (Å²) in [7, 11) is 0. The van der Waals surface area contributed by atoms with E-state index in [-0.39, 0.29) is 0 Å². The van der Waals surface area contributed by atoms with Gasteiger partial charge in [0.15, 0.2) is 0 Å². The van der Waals surface area contributed by atoms with E-state index in [9.17, 15) is 0 Å². The Labute approximate surface area is 114 Å². The van der Waals surface area contributed by atoms with Crippen LogP contribution in [0.15, 0.2) is 24.3 Å². The van der Waals surface area contributed by atoms with E-state index >= 15 is 0 Å². The molecule has 2 fully saturated rings. The van der Waals surface area contributed by atoms with Crippen molar-refractivity contribution in [2.45, 2.75) is 31.7 Å². The second kappa shape index (κ2) is 5.63. The van der Waals surface area contributed by atoms with Gasteiger partial charge in [0.25, 0.3) is 0 Å². The molecular formula is C16H20N2O. The number of nitriles is 1. The van der Waals surface area contributed by atoms with Crippen LogP contribution in [0.4, 0.5) is 0 Å². The normalized spacial score (nSPS) is 25.4. The standard InChI is InChI=1S/C16H20N2O/c17-11-13-3-1-4-16(10-13)19-8-2-7-18-12-14-5-6-15(18)9-14/h1,3-4,10,14-15H,2,5-9,12H2. The van der Waals surface area contributed by atoms with Gasteiger partial charge in [0.05, 0.1) is 18.2 Å². The molecule has 0 radical (unpaired) electrons. The molecule has 1 aliphatic heterocycles. The van der Waals surface area contributed by atoms with E-state index in [0.29, 0.717) is 5.56 Å². The summed E-state index contributed by atoms with van der Waals surface area (Å²) in [5.41, 5.74) is 0.661. The number of rotatable bonds is 5. The summed E-state index contributed by atoms with van der Waals surface area (Å²) in [6.07, 6.45) is 5.33. The molecule has 2 atom stereocenters. The zero-order valence-electron chi connectivity index (χ0n) is 11.2. The Morgan fingerprint density at radius 2 is 2.32 bits per heavy atom. The van der Waals surface area contributed by atoms with Gasteiger partial charge in [-0.1, -0.05) is 6.07 Å². The third kappa shape index (κ3) is 2.90. The first-order valence-electron chi connectivity index (χ1n) is 7.22. The highest BCUT2D eigenvalue weighted by molar-refractivity contribution is 5.36. The van der Waals surface area contributed by atoms with Crippen molar-refractivity contribution in [1.29, 1.82) is 5.26 Å². The smallest absolute Gasteiger partial charge is 0.120 e. The van der Waals surface area contributed by atoms with Gasteiger partial charge in [-0.2, -0.15) is 5.26 Å². The van der Waals surface area contributed by atoms with E-state index in [4.69, 9.17) is 10.00 Å². The summed E-state index contributed by atoms with van der Waals surface area (Å²) in [5.74, 6) is 1.78. The largest absolute Gasteiger partial charge is 0.494 e. The lowest BCUT2D eigenvalue weighted by atomic mass is 10.1. The summed E-state index contributed by atoms with van der Waals surface area (Å²) in [6.45, 7) is 3.19. The van der Waals surface area contributed by atoms with Crippen LogP contribution in [0.1, 0.15) is 31.2 Å². The van der Waals surface area contributed by atoms with Gasteiger partial charge in [0, 0.05) is 19.1 Å². The van der Waals surface area contributed by atoms with Gasteiger partial charge in [0.2, 0.25) is 0 Å². The monoisotopic (exact) mass is 256 g/mol. The molecule has 1 aromatic rings. The van der Waals surface area contributed by atoms with E-state index in [1.807, 2.05) is 12.1 Å². The topological polar surface area (TPSA) is 36.3 Å². The summed E-state index contributed by atoms with van der Waals surface area (Å²) < 4.78 is 5.71. The highest BCUT2D eigenvalue weighted by Crippen LogP contribution is 2.37. The predicted molar refractivity (Wildman–Crippen MR) is 74.0 cm³/mol. The Kier molecular flexibility index (Phi) is 3.70. The summed E-state index contributed by atoms with van der Waals surface area (Å²) in [5, 5.41) is 8.83. The van der Waals surface area contributed by atoms with Crippen molar-refractivity contribution in [3.8, 4) is 11.8 Å². The van der Waals surface area contributed by atoms with Crippen LogP contribution < -0.4 is 4.74 Å². The van der Waals surface area contributed by atoms with Gasteiger partial charge < -0.3 is 4.74 Å². The van der Waals surface area contributed by atoms with Crippen molar-refractivity contribution < 1.29 is 4.74 Å². The van der Waals surface area contributed by atoms with Crippen LogP contribution in [-0.4, -0.2) is 30.6 Å². The maximum Gasteiger partial charge on any atom is 0.120 e. The molecule has 19 heavy (non-hydrogen) atoms. The number of likely N-dealkylation sites (tertiary alicyclic amines) is 1. The Hall–Kier alpha value is -1.53. The molecule has 1 aromatic carbocycles. The number of benzene rings is 1. The van der Waals surface area contributed by atoms with Crippen LogP contribution in [-0.2, 0) is 0 Å². The minimum atomic E-state index is 0.661. The lowest BCUT2D eigenvalue weighted by molar-refractivity contribution is 0.192. The lowest BCUT2D eigenvalue weighted by Gasteiger charge is -2.26. The quantitative estimate of drug-likeness (QED) is 0.760. The van der Waals surface area contributed by atoms with Gasteiger partial charge in [-0.3, -0.25) is 4.90 Å². The maximum absolute atomic E-state index is 8.83. The van der Waals surface area contributed by atoms with Gasteiger partial charge in [0.1, 0.15) is 5.75 Å². The second-order valence-corrected chi connectivity index (χ2v) is 5.67. The molecule has 3 nitrogen and oxygen atoms in total. The molecule has 0 aromatic heterocycles. The van der Waals surface area contributed by atoms with Crippen LogP contribution >= 0.6 is 0 Å². The van der Waals surface area contributed by atoms with E-state index in [1.54, 1.807) is 12.1 Å². The molecule has 1 heterocycles. The van der Waals surface area contributed by atoms with E-state index in [0.717, 1.165) is 37.3 Å². The second-order valence-electron chi connectivity index (χ2n) is 5.67. The Balaban J connectivity index is 1.40.